The van der Waals surface area contributed by atoms with Gasteiger partial charge in [0.05, 0.1) is 0 Å². The topological polar surface area (TPSA) is 12.0 Å². The van der Waals surface area contributed by atoms with Crippen molar-refractivity contribution in [1.82, 2.24) is 5.32 Å². The van der Waals surface area contributed by atoms with Gasteiger partial charge in [-0.2, -0.15) is 0 Å². The summed E-state index contributed by atoms with van der Waals surface area (Å²) in [5.41, 5.74) is 0. The molecular weight excluding hydrogens is 318 g/mol. The van der Waals surface area contributed by atoms with Gasteiger partial charge in [-0.25, -0.2) is 0 Å². The minimum atomic E-state index is 0.615. The van der Waals surface area contributed by atoms with E-state index >= 15 is 0 Å². The third kappa shape index (κ3) is 6.82. The van der Waals surface area contributed by atoms with Gasteiger partial charge in [0.25, 0.3) is 0 Å². The van der Waals surface area contributed by atoms with Gasteiger partial charge in [0.15, 0.2) is 0 Å². The number of halogens is 1. The van der Waals surface area contributed by atoms with Gasteiger partial charge in [-0.05, 0) is 43.5 Å². The molecule has 0 bridgehead atoms. The zero-order valence-corrected chi connectivity index (χ0v) is 14.7. The number of nitrogens with one attached hydrogen (secondary N) is 1. The van der Waals surface area contributed by atoms with Crippen molar-refractivity contribution in [3.8, 4) is 0 Å². The first-order valence-electron chi connectivity index (χ1n) is 7.29. The molecule has 2 atom stereocenters. The molecule has 0 saturated heterocycles. The Morgan fingerprint density at radius 1 is 1.26 bits per heavy atom. The molecule has 0 aromatic heterocycles. The zero-order chi connectivity index (χ0) is 14.1. The van der Waals surface area contributed by atoms with E-state index in [-0.39, 0.29) is 0 Å². The van der Waals surface area contributed by atoms with E-state index in [4.69, 9.17) is 0 Å². The molecule has 1 aromatic rings. The van der Waals surface area contributed by atoms with Crippen molar-refractivity contribution in [1.29, 1.82) is 0 Å². The van der Waals surface area contributed by atoms with Crippen molar-refractivity contribution >= 4 is 27.7 Å². The minimum Gasteiger partial charge on any atom is -0.313 e. The fraction of sp³-hybridized carbons (Fsp3) is 0.625. The number of hydrogen-bond donors (Lipinski definition) is 1. The number of hydrogen-bond acceptors (Lipinski definition) is 2. The van der Waals surface area contributed by atoms with Gasteiger partial charge in [0.1, 0.15) is 0 Å². The van der Waals surface area contributed by atoms with E-state index in [1.807, 2.05) is 11.8 Å². The summed E-state index contributed by atoms with van der Waals surface area (Å²) < 4.78 is 1.16. The van der Waals surface area contributed by atoms with E-state index in [0.717, 1.165) is 22.7 Å². The number of benzene rings is 1. The highest BCUT2D eigenvalue weighted by molar-refractivity contribution is 9.10. The van der Waals surface area contributed by atoms with E-state index in [0.29, 0.717) is 6.04 Å². The molecule has 108 valence electrons. The summed E-state index contributed by atoms with van der Waals surface area (Å²) in [6, 6.07) is 9.19. The van der Waals surface area contributed by atoms with E-state index in [9.17, 15) is 0 Å². The van der Waals surface area contributed by atoms with Crippen LogP contribution >= 0.6 is 27.7 Å². The first-order valence-corrected chi connectivity index (χ1v) is 9.07. The fourth-order valence-electron chi connectivity index (χ4n) is 2.15. The number of thioether (sulfide) groups is 1. The molecular formula is C16H26BrNS. The Morgan fingerprint density at radius 3 is 2.68 bits per heavy atom. The summed E-state index contributed by atoms with van der Waals surface area (Å²) in [5, 5.41) is 3.71. The molecule has 1 nitrogen and oxygen atoms in total. The second kappa shape index (κ2) is 9.84. The molecule has 0 heterocycles. The highest BCUT2D eigenvalue weighted by atomic mass is 79.9. The molecule has 3 heteroatoms. The highest BCUT2D eigenvalue weighted by Gasteiger charge is 2.16. The molecule has 0 amide bonds. The van der Waals surface area contributed by atoms with Crippen molar-refractivity contribution in [2.75, 3.05) is 12.3 Å². The van der Waals surface area contributed by atoms with Crippen molar-refractivity contribution in [2.24, 2.45) is 5.92 Å². The lowest BCUT2D eigenvalue weighted by atomic mass is 9.98. The van der Waals surface area contributed by atoms with E-state index in [1.54, 1.807) is 0 Å². The van der Waals surface area contributed by atoms with Gasteiger partial charge in [0, 0.05) is 21.2 Å². The lowest BCUT2D eigenvalue weighted by Gasteiger charge is -2.24. The normalized spacial score (nSPS) is 14.3. The van der Waals surface area contributed by atoms with Crippen LogP contribution in [0.3, 0.4) is 0 Å². The van der Waals surface area contributed by atoms with Crippen LogP contribution in [0.1, 0.15) is 40.0 Å². The SMILES string of the molecule is CCCNC(CSc1cccc(Br)c1)C(C)CCC. The van der Waals surface area contributed by atoms with Crippen LogP contribution in [0.2, 0.25) is 0 Å². The van der Waals surface area contributed by atoms with Crippen molar-refractivity contribution in [3.63, 3.8) is 0 Å². The van der Waals surface area contributed by atoms with E-state index < -0.39 is 0 Å². The van der Waals surface area contributed by atoms with Crippen LogP contribution in [0.25, 0.3) is 0 Å². The summed E-state index contributed by atoms with van der Waals surface area (Å²) in [6.45, 7) is 8.00. The predicted octanol–water partition coefficient (Wildman–Crippen LogP) is 5.35. The summed E-state index contributed by atoms with van der Waals surface area (Å²) in [4.78, 5) is 1.35. The van der Waals surface area contributed by atoms with Crippen LogP contribution in [-0.2, 0) is 0 Å². The molecule has 0 fully saturated rings. The summed E-state index contributed by atoms with van der Waals surface area (Å²) in [6.07, 6.45) is 3.78. The molecule has 1 N–H and O–H groups in total. The monoisotopic (exact) mass is 343 g/mol. The quantitative estimate of drug-likeness (QED) is 0.607. The molecule has 0 saturated carbocycles. The molecule has 0 aliphatic carbocycles. The lowest BCUT2D eigenvalue weighted by Crippen LogP contribution is -2.37. The van der Waals surface area contributed by atoms with E-state index in [2.05, 4.69) is 66.3 Å². The number of rotatable bonds is 9. The molecule has 0 radical (unpaired) electrons. The Hall–Kier alpha value is 0.01000. The van der Waals surface area contributed by atoms with Crippen molar-refractivity contribution in [3.05, 3.63) is 28.7 Å². The molecule has 2 unspecified atom stereocenters. The highest BCUT2D eigenvalue weighted by Crippen LogP contribution is 2.25. The Morgan fingerprint density at radius 2 is 2.05 bits per heavy atom. The zero-order valence-electron chi connectivity index (χ0n) is 12.3. The fourth-order valence-corrected chi connectivity index (χ4v) is 3.91. The average molecular weight is 344 g/mol. The lowest BCUT2D eigenvalue weighted by molar-refractivity contribution is 0.382. The third-order valence-electron chi connectivity index (χ3n) is 3.31. The maximum absolute atomic E-state index is 3.71. The Labute approximate surface area is 131 Å². The van der Waals surface area contributed by atoms with Crippen LogP contribution in [0, 0.1) is 5.92 Å². The predicted molar refractivity (Wildman–Crippen MR) is 91.0 cm³/mol. The van der Waals surface area contributed by atoms with Gasteiger partial charge in [0.2, 0.25) is 0 Å². The van der Waals surface area contributed by atoms with Crippen LogP contribution in [0.4, 0.5) is 0 Å². The summed E-state index contributed by atoms with van der Waals surface area (Å²) in [7, 11) is 0. The van der Waals surface area contributed by atoms with Gasteiger partial charge in [-0.1, -0.05) is 49.2 Å². The van der Waals surface area contributed by atoms with Gasteiger partial charge in [-0.15, -0.1) is 11.8 Å². The largest absolute Gasteiger partial charge is 0.313 e. The van der Waals surface area contributed by atoms with E-state index in [1.165, 1.54) is 24.2 Å². The van der Waals surface area contributed by atoms with Gasteiger partial charge in [-0.3, -0.25) is 0 Å². The Kier molecular flexibility index (Phi) is 8.84. The van der Waals surface area contributed by atoms with Crippen LogP contribution < -0.4 is 5.32 Å². The van der Waals surface area contributed by atoms with Crippen molar-refractivity contribution in [2.45, 2.75) is 51.0 Å². The van der Waals surface area contributed by atoms with Crippen LogP contribution in [0.15, 0.2) is 33.6 Å². The van der Waals surface area contributed by atoms with Gasteiger partial charge >= 0.3 is 0 Å². The van der Waals surface area contributed by atoms with Crippen molar-refractivity contribution < 1.29 is 0 Å². The van der Waals surface area contributed by atoms with Crippen LogP contribution in [-0.4, -0.2) is 18.3 Å². The standard InChI is InChI=1S/C16H26BrNS/c1-4-7-13(3)16(18-10-5-2)12-19-15-9-6-8-14(17)11-15/h6,8-9,11,13,16,18H,4-5,7,10,12H2,1-3H3. The molecule has 0 aliphatic rings. The molecule has 0 aliphatic heterocycles. The van der Waals surface area contributed by atoms with Crippen LogP contribution in [0.5, 0.6) is 0 Å². The summed E-state index contributed by atoms with van der Waals surface area (Å²) in [5.74, 6) is 1.90. The molecule has 0 spiro atoms. The second-order valence-corrected chi connectivity index (χ2v) is 7.10. The first kappa shape index (κ1) is 17.1. The Bertz CT molecular complexity index is 356. The molecule has 1 rings (SSSR count). The summed E-state index contributed by atoms with van der Waals surface area (Å²) >= 11 is 5.49. The third-order valence-corrected chi connectivity index (χ3v) is 4.92. The molecule has 19 heavy (non-hydrogen) atoms. The second-order valence-electron chi connectivity index (χ2n) is 5.09. The smallest absolute Gasteiger partial charge is 0.0187 e. The average Bonchev–Trinajstić information content (AvgIpc) is 2.39. The Balaban J connectivity index is 2.51. The maximum atomic E-state index is 3.71. The molecule has 1 aromatic carbocycles. The first-order chi connectivity index (χ1) is 9.17. The maximum Gasteiger partial charge on any atom is 0.0187 e. The van der Waals surface area contributed by atoms with Gasteiger partial charge < -0.3 is 5.32 Å². The minimum absolute atomic E-state index is 0.615.